The van der Waals surface area contributed by atoms with Crippen molar-refractivity contribution < 1.29 is 19.5 Å². The predicted octanol–water partition coefficient (Wildman–Crippen LogP) is 0.789. The minimum atomic E-state index is -3.96. The van der Waals surface area contributed by atoms with Crippen LogP contribution in [0.5, 0.6) is 5.75 Å². The van der Waals surface area contributed by atoms with Crippen molar-refractivity contribution in [3.8, 4) is 5.75 Å². The molecule has 1 aromatic rings. The molecule has 0 bridgehead atoms. The normalized spacial score (nSPS) is 12.5. The van der Waals surface area contributed by atoms with Crippen molar-refractivity contribution in [2.24, 2.45) is 0 Å². The summed E-state index contributed by atoms with van der Waals surface area (Å²) in [5, 5.41) is 9.41. The summed E-state index contributed by atoms with van der Waals surface area (Å²) in [5.74, 6) is 0.0919. The van der Waals surface area contributed by atoms with Gasteiger partial charge in [-0.05, 0) is 17.4 Å². The maximum atomic E-state index is 10.5. The van der Waals surface area contributed by atoms with E-state index in [9.17, 15) is 4.57 Å². The maximum absolute atomic E-state index is 10.5. The Balaban J connectivity index is 2.78. The van der Waals surface area contributed by atoms with Crippen molar-refractivity contribution in [2.45, 2.75) is 0 Å². The lowest BCUT2D eigenvalue weighted by Crippen LogP contribution is -1.90. The number of hydrogen-bond donors (Lipinski definition) is 3. The zero-order chi connectivity index (χ0) is 9.19. The van der Waals surface area contributed by atoms with Crippen molar-refractivity contribution in [3.63, 3.8) is 0 Å². The fourth-order valence-corrected chi connectivity index (χ4v) is 2.81. The Labute approximate surface area is 71.1 Å². The standard InChI is InChI=1S/C6H8O4P2/c7-5-1-3-6(4-2-5)11-12(8,9)10/h1-4,7,11H,(H2,8,9,10). The van der Waals surface area contributed by atoms with Gasteiger partial charge in [0.05, 0.1) is 0 Å². The van der Waals surface area contributed by atoms with Crippen LogP contribution in [0.2, 0.25) is 0 Å². The molecule has 0 fully saturated rings. The second kappa shape index (κ2) is 3.55. The summed E-state index contributed by atoms with van der Waals surface area (Å²) in [5.41, 5.74) is 0. The van der Waals surface area contributed by atoms with Crippen LogP contribution < -0.4 is 5.30 Å². The van der Waals surface area contributed by atoms with E-state index < -0.39 is 15.6 Å². The maximum Gasteiger partial charge on any atom is 0.345 e. The van der Waals surface area contributed by atoms with Crippen LogP contribution in [-0.4, -0.2) is 14.9 Å². The SMILES string of the molecule is O=P(O)(O)Pc1ccc(O)cc1. The first-order valence-corrected chi connectivity index (χ1v) is 6.56. The van der Waals surface area contributed by atoms with Crippen molar-refractivity contribution in [3.05, 3.63) is 24.3 Å². The highest BCUT2D eigenvalue weighted by Gasteiger charge is 2.13. The first kappa shape index (κ1) is 9.69. The van der Waals surface area contributed by atoms with E-state index in [1.807, 2.05) is 0 Å². The molecule has 3 N–H and O–H groups in total. The number of aromatic hydroxyl groups is 1. The molecule has 0 heterocycles. The van der Waals surface area contributed by atoms with Gasteiger partial charge in [-0.15, -0.1) is 0 Å². The van der Waals surface area contributed by atoms with E-state index in [2.05, 4.69) is 0 Å². The van der Waals surface area contributed by atoms with Gasteiger partial charge < -0.3 is 14.9 Å². The first-order valence-electron chi connectivity index (χ1n) is 3.10. The second-order valence-corrected chi connectivity index (χ2v) is 6.51. The van der Waals surface area contributed by atoms with Gasteiger partial charge in [0.1, 0.15) is 5.75 Å². The topological polar surface area (TPSA) is 77.8 Å². The lowest BCUT2D eigenvalue weighted by molar-refractivity contribution is 0.396. The molecular weight excluding hydrogens is 198 g/mol. The summed E-state index contributed by atoms with van der Waals surface area (Å²) in [6.45, 7) is 0. The average Bonchev–Trinajstić information content (AvgIpc) is 1.91. The number of rotatable bonds is 2. The molecule has 1 atom stereocenters. The second-order valence-electron chi connectivity index (χ2n) is 2.20. The quantitative estimate of drug-likeness (QED) is 0.625. The van der Waals surface area contributed by atoms with Crippen LogP contribution >= 0.6 is 15.6 Å². The van der Waals surface area contributed by atoms with Crippen molar-refractivity contribution in [1.29, 1.82) is 0 Å². The van der Waals surface area contributed by atoms with Crippen molar-refractivity contribution in [1.82, 2.24) is 0 Å². The zero-order valence-electron chi connectivity index (χ0n) is 6.01. The van der Waals surface area contributed by atoms with Gasteiger partial charge in [-0.3, -0.25) is 4.57 Å². The summed E-state index contributed by atoms with van der Waals surface area (Å²) in [7, 11) is -4.49. The number of phenols is 1. The highest BCUT2D eigenvalue weighted by Crippen LogP contribution is 2.55. The lowest BCUT2D eigenvalue weighted by Gasteiger charge is -2.02. The van der Waals surface area contributed by atoms with Gasteiger partial charge in [0.25, 0.3) is 0 Å². The molecule has 0 aliphatic rings. The van der Waals surface area contributed by atoms with Crippen LogP contribution in [-0.2, 0) is 4.57 Å². The van der Waals surface area contributed by atoms with Gasteiger partial charge in [-0.1, -0.05) is 12.1 Å². The molecule has 1 rings (SSSR count). The van der Waals surface area contributed by atoms with E-state index in [1.165, 1.54) is 24.3 Å². The van der Waals surface area contributed by atoms with Crippen LogP contribution in [0.25, 0.3) is 0 Å². The van der Waals surface area contributed by atoms with Crippen LogP contribution in [0.15, 0.2) is 24.3 Å². The van der Waals surface area contributed by atoms with E-state index in [1.54, 1.807) is 0 Å². The van der Waals surface area contributed by atoms with E-state index >= 15 is 0 Å². The molecule has 0 aliphatic carbocycles. The molecule has 4 nitrogen and oxygen atoms in total. The molecule has 1 unspecified atom stereocenters. The Morgan fingerprint density at radius 3 is 2.08 bits per heavy atom. The van der Waals surface area contributed by atoms with Gasteiger partial charge in [0.15, 0.2) is 0 Å². The minimum absolute atomic E-state index is 0.0919. The molecule has 0 saturated heterocycles. The van der Waals surface area contributed by atoms with E-state index in [-0.39, 0.29) is 5.75 Å². The Morgan fingerprint density at radius 1 is 1.17 bits per heavy atom. The molecule has 0 saturated carbocycles. The summed E-state index contributed by atoms with van der Waals surface area (Å²) in [4.78, 5) is 17.2. The average molecular weight is 206 g/mol. The van der Waals surface area contributed by atoms with Gasteiger partial charge >= 0.3 is 7.28 Å². The van der Waals surface area contributed by atoms with Crippen LogP contribution in [0, 0.1) is 0 Å². The Kier molecular flexibility index (Phi) is 2.86. The van der Waals surface area contributed by atoms with Crippen molar-refractivity contribution >= 4 is 20.9 Å². The fourth-order valence-electron chi connectivity index (χ4n) is 0.704. The molecule has 0 radical (unpaired) electrons. The zero-order valence-corrected chi connectivity index (χ0v) is 7.90. The number of hydrogen-bond acceptors (Lipinski definition) is 2. The molecule has 0 amide bonds. The predicted molar refractivity (Wildman–Crippen MR) is 48.1 cm³/mol. The monoisotopic (exact) mass is 206 g/mol. The highest BCUT2D eigenvalue weighted by molar-refractivity contribution is 8.22. The summed E-state index contributed by atoms with van der Waals surface area (Å²) >= 11 is 0. The third kappa shape index (κ3) is 3.33. The van der Waals surface area contributed by atoms with Gasteiger partial charge in [-0.25, -0.2) is 0 Å². The van der Waals surface area contributed by atoms with Crippen LogP contribution in [0.4, 0.5) is 0 Å². The molecule has 6 heteroatoms. The molecular formula is C6H8O4P2. The molecule has 0 aliphatic heterocycles. The van der Waals surface area contributed by atoms with E-state index in [4.69, 9.17) is 14.9 Å². The third-order valence-electron chi connectivity index (χ3n) is 1.14. The summed E-state index contributed by atoms with van der Waals surface area (Å²) in [6, 6.07) is 5.79. The smallest absolute Gasteiger partial charge is 0.345 e. The van der Waals surface area contributed by atoms with Gasteiger partial charge in [0.2, 0.25) is 0 Å². The number of phenolic OH excluding ortho intramolecular Hbond substituents is 1. The summed E-state index contributed by atoms with van der Waals surface area (Å²) in [6.07, 6.45) is 0. The van der Waals surface area contributed by atoms with Gasteiger partial charge in [0, 0.05) is 8.27 Å². The van der Waals surface area contributed by atoms with Gasteiger partial charge in [-0.2, -0.15) is 0 Å². The molecule has 0 spiro atoms. The summed E-state index contributed by atoms with van der Waals surface area (Å²) < 4.78 is 10.5. The van der Waals surface area contributed by atoms with Crippen LogP contribution in [0.1, 0.15) is 0 Å². The lowest BCUT2D eigenvalue weighted by atomic mass is 10.3. The van der Waals surface area contributed by atoms with Crippen LogP contribution in [0.3, 0.4) is 0 Å². The molecule has 0 aromatic heterocycles. The highest BCUT2D eigenvalue weighted by atomic mass is 32.1. The minimum Gasteiger partial charge on any atom is -0.508 e. The Bertz CT molecular complexity index is 302. The molecule has 66 valence electrons. The van der Waals surface area contributed by atoms with Crippen molar-refractivity contribution in [2.75, 3.05) is 0 Å². The molecule has 1 aromatic carbocycles. The third-order valence-corrected chi connectivity index (χ3v) is 3.67. The largest absolute Gasteiger partial charge is 0.508 e. The fraction of sp³-hybridized carbons (Fsp3) is 0. The Hall–Kier alpha value is -0.400. The number of benzene rings is 1. The molecule has 12 heavy (non-hydrogen) atoms. The van der Waals surface area contributed by atoms with E-state index in [0.29, 0.717) is 5.30 Å². The van der Waals surface area contributed by atoms with E-state index in [0.717, 1.165) is 0 Å². The Morgan fingerprint density at radius 2 is 1.67 bits per heavy atom. The first-order chi connectivity index (χ1) is 5.47.